The molecule has 2 unspecified atom stereocenters. The second-order valence-electron chi connectivity index (χ2n) is 6.15. The molecule has 1 aliphatic carbocycles. The highest BCUT2D eigenvalue weighted by atomic mass is 16.2. The highest BCUT2D eigenvalue weighted by molar-refractivity contribution is 5.97. The zero-order valence-electron chi connectivity index (χ0n) is 12.4. The topological polar surface area (TPSA) is 49.4 Å². The van der Waals surface area contributed by atoms with Gasteiger partial charge >= 0.3 is 0 Å². The van der Waals surface area contributed by atoms with Gasteiger partial charge in [-0.05, 0) is 24.8 Å². The van der Waals surface area contributed by atoms with Gasteiger partial charge in [0, 0.05) is 6.54 Å². The van der Waals surface area contributed by atoms with E-state index in [0.717, 1.165) is 17.9 Å². The molecule has 2 amide bonds. The van der Waals surface area contributed by atoms with E-state index in [9.17, 15) is 9.59 Å². The van der Waals surface area contributed by atoms with Gasteiger partial charge in [-0.25, -0.2) is 0 Å². The summed E-state index contributed by atoms with van der Waals surface area (Å²) in [6.45, 7) is 2.51. The van der Waals surface area contributed by atoms with Gasteiger partial charge in [0.05, 0.1) is 0 Å². The highest BCUT2D eigenvalue weighted by Crippen LogP contribution is 2.30. The Morgan fingerprint density at radius 2 is 1.90 bits per heavy atom. The smallest absolute Gasteiger partial charge is 0.250 e. The zero-order valence-corrected chi connectivity index (χ0v) is 12.4. The Bertz CT molecular complexity index is 525. The number of nitrogens with zero attached hydrogens (tertiary/aromatic N) is 1. The van der Waals surface area contributed by atoms with Crippen molar-refractivity contribution in [3.63, 3.8) is 0 Å². The first-order chi connectivity index (χ1) is 10.2. The van der Waals surface area contributed by atoms with Crippen LogP contribution >= 0.6 is 0 Å². The largest absolute Gasteiger partial charge is 0.339 e. The first-order valence-corrected chi connectivity index (χ1v) is 7.82. The fraction of sp³-hybridized carbons (Fsp3) is 0.529. The number of carbonyl (C=O) groups is 2. The molecule has 1 heterocycles. The maximum absolute atomic E-state index is 12.7. The Balaban J connectivity index is 1.74. The predicted molar refractivity (Wildman–Crippen MR) is 80.5 cm³/mol. The van der Waals surface area contributed by atoms with Gasteiger partial charge < -0.3 is 10.2 Å². The third-order valence-electron chi connectivity index (χ3n) is 4.80. The maximum Gasteiger partial charge on any atom is 0.250 e. The van der Waals surface area contributed by atoms with E-state index in [4.69, 9.17) is 0 Å². The molecule has 1 saturated carbocycles. The van der Waals surface area contributed by atoms with Gasteiger partial charge in [0.15, 0.2) is 0 Å². The summed E-state index contributed by atoms with van der Waals surface area (Å²) in [5.74, 6) is 0.704. The summed E-state index contributed by atoms with van der Waals surface area (Å²) >= 11 is 0. The number of piperazine rings is 1. The molecule has 0 radical (unpaired) electrons. The van der Waals surface area contributed by atoms with Gasteiger partial charge in [-0.3, -0.25) is 9.59 Å². The maximum atomic E-state index is 12.7. The van der Waals surface area contributed by atoms with Crippen LogP contribution in [0, 0.1) is 5.92 Å². The van der Waals surface area contributed by atoms with Crippen LogP contribution in [0.25, 0.3) is 0 Å². The van der Waals surface area contributed by atoms with Crippen LogP contribution in [-0.2, 0) is 9.59 Å². The van der Waals surface area contributed by atoms with Crippen LogP contribution in [0.5, 0.6) is 0 Å². The van der Waals surface area contributed by atoms with Gasteiger partial charge in [0.1, 0.15) is 12.1 Å². The monoisotopic (exact) mass is 286 g/mol. The predicted octanol–water partition coefficient (Wildman–Crippen LogP) is 2.26. The van der Waals surface area contributed by atoms with Crippen LogP contribution in [-0.4, -0.2) is 29.3 Å². The summed E-state index contributed by atoms with van der Waals surface area (Å²) in [6.07, 6.45) is 4.86. The second kappa shape index (κ2) is 5.88. The number of hydrogen-bond acceptors (Lipinski definition) is 2. The van der Waals surface area contributed by atoms with Gasteiger partial charge in [0.25, 0.3) is 0 Å². The molecule has 21 heavy (non-hydrogen) atoms. The number of carbonyl (C=O) groups excluding carboxylic acids is 2. The fourth-order valence-corrected chi connectivity index (χ4v) is 3.10. The summed E-state index contributed by atoms with van der Waals surface area (Å²) in [7, 11) is 0. The minimum absolute atomic E-state index is 0.0209. The molecule has 2 atom stereocenters. The lowest BCUT2D eigenvalue weighted by Crippen LogP contribution is -2.58. The zero-order chi connectivity index (χ0) is 14.8. The van der Waals surface area contributed by atoms with Crippen LogP contribution in [0.2, 0.25) is 0 Å². The first-order valence-electron chi connectivity index (χ1n) is 7.82. The minimum Gasteiger partial charge on any atom is -0.339 e. The molecule has 2 fully saturated rings. The van der Waals surface area contributed by atoms with Crippen molar-refractivity contribution in [2.24, 2.45) is 5.92 Å². The van der Waals surface area contributed by atoms with E-state index in [1.54, 1.807) is 4.90 Å². The molecule has 1 N–H and O–H groups in total. The standard InChI is InChI=1S/C17H22N2O2/c1-12-16(20)18-15(14-8-3-2-4-9-14)17(21)19(12)11-10-13-6-5-7-13/h2-4,8-9,12-13,15H,5-7,10-11H2,1H3,(H,18,20). The lowest BCUT2D eigenvalue weighted by molar-refractivity contribution is -0.149. The van der Waals surface area contributed by atoms with E-state index in [1.807, 2.05) is 37.3 Å². The van der Waals surface area contributed by atoms with E-state index in [2.05, 4.69) is 5.32 Å². The highest BCUT2D eigenvalue weighted by Gasteiger charge is 2.38. The number of hydrogen-bond donors (Lipinski definition) is 1. The molecule has 0 spiro atoms. The van der Waals surface area contributed by atoms with Gasteiger partial charge in [-0.1, -0.05) is 49.6 Å². The summed E-state index contributed by atoms with van der Waals surface area (Å²) in [4.78, 5) is 26.6. The van der Waals surface area contributed by atoms with E-state index in [1.165, 1.54) is 19.3 Å². The summed E-state index contributed by atoms with van der Waals surface area (Å²) < 4.78 is 0. The molecule has 3 rings (SSSR count). The molecule has 0 bridgehead atoms. The molecule has 1 aromatic rings. The average molecular weight is 286 g/mol. The lowest BCUT2D eigenvalue weighted by Gasteiger charge is -2.39. The fourth-order valence-electron chi connectivity index (χ4n) is 3.10. The molecule has 2 aliphatic rings. The van der Waals surface area contributed by atoms with E-state index >= 15 is 0 Å². The molecule has 1 aliphatic heterocycles. The Hall–Kier alpha value is -1.84. The van der Waals surface area contributed by atoms with E-state index < -0.39 is 6.04 Å². The van der Waals surface area contributed by atoms with E-state index in [-0.39, 0.29) is 17.9 Å². The van der Waals surface area contributed by atoms with Gasteiger partial charge in [-0.2, -0.15) is 0 Å². The third kappa shape index (κ3) is 2.80. The van der Waals surface area contributed by atoms with Crippen LogP contribution in [0.4, 0.5) is 0 Å². The van der Waals surface area contributed by atoms with Gasteiger partial charge in [-0.15, -0.1) is 0 Å². The quantitative estimate of drug-likeness (QED) is 0.923. The van der Waals surface area contributed by atoms with Crippen LogP contribution in [0.1, 0.15) is 44.2 Å². The minimum atomic E-state index is -0.531. The van der Waals surface area contributed by atoms with Crippen LogP contribution in [0.15, 0.2) is 30.3 Å². The van der Waals surface area contributed by atoms with Crippen molar-refractivity contribution in [2.75, 3.05) is 6.54 Å². The molecule has 4 heteroatoms. The Morgan fingerprint density at radius 1 is 1.19 bits per heavy atom. The van der Waals surface area contributed by atoms with E-state index in [0.29, 0.717) is 6.54 Å². The second-order valence-corrected chi connectivity index (χ2v) is 6.15. The average Bonchev–Trinajstić information content (AvgIpc) is 2.45. The van der Waals surface area contributed by atoms with Crippen LogP contribution in [0.3, 0.4) is 0 Å². The molecular formula is C17H22N2O2. The lowest BCUT2D eigenvalue weighted by atomic mass is 9.82. The molecule has 4 nitrogen and oxygen atoms in total. The Morgan fingerprint density at radius 3 is 2.52 bits per heavy atom. The molecule has 112 valence electrons. The van der Waals surface area contributed by atoms with Crippen molar-refractivity contribution in [1.29, 1.82) is 0 Å². The summed E-state index contributed by atoms with van der Waals surface area (Å²) in [6, 6.07) is 8.59. The van der Waals surface area contributed by atoms with Gasteiger partial charge in [0.2, 0.25) is 11.8 Å². The summed E-state index contributed by atoms with van der Waals surface area (Å²) in [5, 5.41) is 2.85. The van der Waals surface area contributed by atoms with Crippen molar-refractivity contribution in [3.8, 4) is 0 Å². The molecule has 0 aromatic heterocycles. The summed E-state index contributed by atoms with van der Waals surface area (Å²) in [5.41, 5.74) is 0.858. The van der Waals surface area contributed by atoms with Crippen molar-refractivity contribution in [2.45, 2.75) is 44.7 Å². The van der Waals surface area contributed by atoms with Crippen molar-refractivity contribution in [3.05, 3.63) is 35.9 Å². The number of rotatable bonds is 4. The molecular weight excluding hydrogens is 264 g/mol. The number of amides is 2. The number of benzene rings is 1. The molecule has 1 aromatic carbocycles. The SMILES string of the molecule is CC1C(=O)NC(c2ccccc2)C(=O)N1CCC1CCC1. The Labute approximate surface area is 125 Å². The van der Waals surface area contributed by atoms with Crippen LogP contribution < -0.4 is 5.32 Å². The third-order valence-corrected chi connectivity index (χ3v) is 4.80. The van der Waals surface area contributed by atoms with Crippen molar-refractivity contribution < 1.29 is 9.59 Å². The van der Waals surface area contributed by atoms with Crippen molar-refractivity contribution >= 4 is 11.8 Å². The van der Waals surface area contributed by atoms with Crippen molar-refractivity contribution in [1.82, 2.24) is 10.2 Å². The normalized spacial score (nSPS) is 26.4. The Kier molecular flexibility index (Phi) is 3.95. The molecule has 1 saturated heterocycles. The number of nitrogens with one attached hydrogen (secondary N) is 1. The first kappa shape index (κ1) is 14.1.